The maximum atomic E-state index is 11.7. The SMILES string of the molecule is C=Cc1cc(=O)[nH]c2cc(N[C@@H](C=O)[C@@H](O)[C@H](O)[C@H](O)CO)ccc12. The van der Waals surface area contributed by atoms with E-state index in [1.807, 2.05) is 0 Å². The van der Waals surface area contributed by atoms with Crippen LogP contribution in [-0.4, -0.2) is 62.7 Å². The average Bonchev–Trinajstić information content (AvgIpc) is 2.62. The van der Waals surface area contributed by atoms with Crippen molar-refractivity contribution in [3.05, 3.63) is 46.8 Å². The standard InChI is InChI=1S/C17H20N2O6/c1-2-9-5-15(23)19-12-6-10(3-4-11(9)12)18-13(7-20)16(24)17(25)14(22)8-21/h2-7,13-14,16-18,21-22,24-25H,1,8H2,(H,19,23)/t13-,14+,16+,17+/m0/s1. The lowest BCUT2D eigenvalue weighted by molar-refractivity contribution is -0.117. The number of aldehydes is 1. The van der Waals surface area contributed by atoms with Crippen LogP contribution in [0.25, 0.3) is 17.0 Å². The van der Waals surface area contributed by atoms with Gasteiger partial charge in [0.05, 0.1) is 12.1 Å². The lowest BCUT2D eigenvalue weighted by Gasteiger charge is -2.26. The molecule has 0 fully saturated rings. The van der Waals surface area contributed by atoms with E-state index in [0.29, 0.717) is 23.1 Å². The molecule has 2 rings (SSSR count). The van der Waals surface area contributed by atoms with E-state index in [-0.39, 0.29) is 5.56 Å². The molecule has 1 aromatic carbocycles. The van der Waals surface area contributed by atoms with Crippen molar-refractivity contribution in [3.63, 3.8) is 0 Å². The number of nitrogens with one attached hydrogen (secondary N) is 2. The number of pyridine rings is 1. The number of aliphatic hydroxyl groups excluding tert-OH is 4. The first-order valence-electron chi connectivity index (χ1n) is 7.57. The van der Waals surface area contributed by atoms with E-state index in [2.05, 4.69) is 16.9 Å². The minimum Gasteiger partial charge on any atom is -0.394 e. The zero-order valence-corrected chi connectivity index (χ0v) is 13.3. The molecule has 8 heteroatoms. The number of aromatic amines is 1. The Balaban J connectivity index is 2.30. The van der Waals surface area contributed by atoms with Crippen molar-refractivity contribution in [1.82, 2.24) is 4.98 Å². The molecule has 25 heavy (non-hydrogen) atoms. The molecule has 134 valence electrons. The van der Waals surface area contributed by atoms with Crippen LogP contribution in [0.1, 0.15) is 5.56 Å². The molecular weight excluding hydrogens is 328 g/mol. The molecule has 1 aromatic heterocycles. The first-order chi connectivity index (χ1) is 11.9. The molecule has 0 bridgehead atoms. The number of aliphatic hydroxyl groups is 4. The number of H-pyrrole nitrogens is 1. The normalized spacial score (nSPS) is 16.0. The van der Waals surface area contributed by atoms with E-state index in [0.717, 1.165) is 5.39 Å². The molecule has 2 aromatic rings. The highest BCUT2D eigenvalue weighted by atomic mass is 16.4. The molecule has 0 unspecified atom stereocenters. The Hall–Kier alpha value is -2.52. The molecule has 0 amide bonds. The van der Waals surface area contributed by atoms with E-state index in [1.165, 1.54) is 6.07 Å². The van der Waals surface area contributed by atoms with Gasteiger partial charge in [-0.15, -0.1) is 0 Å². The Morgan fingerprint density at radius 2 is 1.92 bits per heavy atom. The van der Waals surface area contributed by atoms with Crippen LogP contribution in [0.3, 0.4) is 0 Å². The summed E-state index contributed by atoms with van der Waals surface area (Å²) in [5.74, 6) is 0. The number of carbonyl (C=O) groups excluding carboxylic acids is 1. The van der Waals surface area contributed by atoms with Crippen molar-refractivity contribution in [2.45, 2.75) is 24.4 Å². The third-order valence-electron chi connectivity index (χ3n) is 3.87. The molecular formula is C17H20N2O6. The van der Waals surface area contributed by atoms with Crippen molar-refractivity contribution in [3.8, 4) is 0 Å². The summed E-state index contributed by atoms with van der Waals surface area (Å²) >= 11 is 0. The highest BCUT2D eigenvalue weighted by molar-refractivity contribution is 5.89. The van der Waals surface area contributed by atoms with Gasteiger partial charge in [0.25, 0.3) is 0 Å². The fourth-order valence-electron chi connectivity index (χ4n) is 2.49. The molecule has 6 N–H and O–H groups in total. The van der Waals surface area contributed by atoms with Crippen molar-refractivity contribution < 1.29 is 25.2 Å². The maximum Gasteiger partial charge on any atom is 0.249 e. The zero-order valence-electron chi connectivity index (χ0n) is 13.3. The number of benzene rings is 1. The fraction of sp³-hybridized carbons (Fsp3) is 0.294. The predicted molar refractivity (Wildman–Crippen MR) is 93.2 cm³/mol. The van der Waals surface area contributed by atoms with E-state index in [1.54, 1.807) is 24.3 Å². The highest BCUT2D eigenvalue weighted by Gasteiger charge is 2.31. The predicted octanol–water partition coefficient (Wildman–Crippen LogP) is -0.775. The summed E-state index contributed by atoms with van der Waals surface area (Å²) in [7, 11) is 0. The third kappa shape index (κ3) is 4.12. The Bertz CT molecular complexity index is 818. The lowest BCUT2D eigenvalue weighted by atomic mass is 10.0. The van der Waals surface area contributed by atoms with Crippen LogP contribution in [0, 0.1) is 0 Å². The van der Waals surface area contributed by atoms with Gasteiger partial charge in [-0.3, -0.25) is 4.79 Å². The minimum absolute atomic E-state index is 0.312. The van der Waals surface area contributed by atoms with Gasteiger partial charge in [0.1, 0.15) is 30.6 Å². The van der Waals surface area contributed by atoms with Crippen LogP contribution in [0.2, 0.25) is 0 Å². The number of anilines is 1. The van der Waals surface area contributed by atoms with Crippen LogP contribution < -0.4 is 10.9 Å². The van der Waals surface area contributed by atoms with Crippen molar-refractivity contribution in [2.24, 2.45) is 0 Å². The van der Waals surface area contributed by atoms with E-state index < -0.39 is 31.0 Å². The van der Waals surface area contributed by atoms with Gasteiger partial charge < -0.3 is 35.5 Å². The van der Waals surface area contributed by atoms with Crippen LogP contribution >= 0.6 is 0 Å². The first-order valence-corrected chi connectivity index (χ1v) is 7.57. The Labute approximate surface area is 143 Å². The van der Waals surface area contributed by atoms with Crippen molar-refractivity contribution in [1.29, 1.82) is 0 Å². The molecule has 0 aliphatic carbocycles. The monoisotopic (exact) mass is 348 g/mol. The molecule has 0 aliphatic rings. The number of hydrogen-bond acceptors (Lipinski definition) is 7. The first kappa shape index (κ1) is 18.8. The minimum atomic E-state index is -1.71. The van der Waals surface area contributed by atoms with Gasteiger partial charge in [0.15, 0.2) is 0 Å². The molecule has 0 aliphatic heterocycles. The molecule has 4 atom stereocenters. The Morgan fingerprint density at radius 1 is 1.20 bits per heavy atom. The second kappa shape index (κ2) is 8.04. The molecule has 0 radical (unpaired) electrons. The van der Waals surface area contributed by atoms with Crippen molar-refractivity contribution in [2.75, 3.05) is 11.9 Å². The van der Waals surface area contributed by atoms with Crippen LogP contribution in [0.5, 0.6) is 0 Å². The summed E-state index contributed by atoms with van der Waals surface area (Å²) in [4.78, 5) is 25.5. The van der Waals surface area contributed by atoms with E-state index >= 15 is 0 Å². The molecule has 0 spiro atoms. The summed E-state index contributed by atoms with van der Waals surface area (Å²) in [6.07, 6.45) is -3.00. The van der Waals surface area contributed by atoms with Crippen LogP contribution in [-0.2, 0) is 4.79 Å². The molecule has 1 heterocycles. The number of rotatable bonds is 8. The summed E-state index contributed by atoms with van der Waals surface area (Å²) in [6, 6.07) is 5.08. The number of carbonyl (C=O) groups is 1. The Kier molecular flexibility index (Phi) is 6.05. The topological polar surface area (TPSA) is 143 Å². The van der Waals surface area contributed by atoms with Gasteiger partial charge in [-0.05, 0) is 17.7 Å². The summed E-state index contributed by atoms with van der Waals surface area (Å²) < 4.78 is 0. The van der Waals surface area contributed by atoms with E-state index in [4.69, 9.17) is 5.11 Å². The van der Waals surface area contributed by atoms with Gasteiger partial charge in [-0.25, -0.2) is 0 Å². The molecule has 8 nitrogen and oxygen atoms in total. The molecule has 0 saturated heterocycles. The number of hydrogen-bond donors (Lipinski definition) is 6. The third-order valence-corrected chi connectivity index (χ3v) is 3.87. The quantitative estimate of drug-likeness (QED) is 0.344. The fourth-order valence-corrected chi connectivity index (χ4v) is 2.49. The summed E-state index contributed by atoms with van der Waals surface area (Å²) in [5, 5.41) is 41.4. The van der Waals surface area contributed by atoms with Crippen molar-refractivity contribution >= 4 is 29.0 Å². The molecule has 0 saturated carbocycles. The number of aromatic nitrogens is 1. The van der Waals surface area contributed by atoms with Gasteiger partial charge >= 0.3 is 0 Å². The van der Waals surface area contributed by atoms with Crippen LogP contribution in [0.4, 0.5) is 5.69 Å². The zero-order chi connectivity index (χ0) is 18.6. The van der Waals surface area contributed by atoms with Gasteiger partial charge in [0.2, 0.25) is 5.56 Å². The maximum absolute atomic E-state index is 11.7. The summed E-state index contributed by atoms with van der Waals surface area (Å²) in [5.41, 5.74) is 1.25. The lowest BCUT2D eigenvalue weighted by Crippen LogP contribution is -2.49. The Morgan fingerprint density at radius 3 is 2.52 bits per heavy atom. The average molecular weight is 348 g/mol. The number of fused-ring (bicyclic) bond motifs is 1. The largest absolute Gasteiger partial charge is 0.394 e. The van der Waals surface area contributed by atoms with Gasteiger partial charge in [-0.2, -0.15) is 0 Å². The summed E-state index contributed by atoms with van der Waals surface area (Å²) in [6.45, 7) is 2.90. The highest BCUT2D eigenvalue weighted by Crippen LogP contribution is 2.21. The van der Waals surface area contributed by atoms with Gasteiger partial charge in [-0.1, -0.05) is 18.7 Å². The van der Waals surface area contributed by atoms with Gasteiger partial charge in [0, 0.05) is 17.1 Å². The second-order valence-electron chi connectivity index (χ2n) is 5.59. The smallest absolute Gasteiger partial charge is 0.249 e. The second-order valence-corrected chi connectivity index (χ2v) is 5.59. The van der Waals surface area contributed by atoms with Crippen LogP contribution in [0.15, 0.2) is 35.6 Å². The van der Waals surface area contributed by atoms with E-state index in [9.17, 15) is 24.9 Å².